The zero-order chi connectivity index (χ0) is 20.5. The van der Waals surface area contributed by atoms with Gasteiger partial charge in [0, 0.05) is 29.2 Å². The Kier molecular flexibility index (Phi) is 5.15. The van der Waals surface area contributed by atoms with Gasteiger partial charge in [0.15, 0.2) is 0 Å². The first-order valence-corrected chi connectivity index (χ1v) is 11.1. The highest BCUT2D eigenvalue weighted by molar-refractivity contribution is 5.88. The Balaban J connectivity index is 1.19. The Labute approximate surface area is 175 Å². The molecule has 1 aromatic carbocycles. The second kappa shape index (κ2) is 8.09. The van der Waals surface area contributed by atoms with Gasteiger partial charge < -0.3 is 10.3 Å². The number of amides is 1. The summed E-state index contributed by atoms with van der Waals surface area (Å²) in [5.41, 5.74) is 4.36. The Hall–Kier alpha value is -2.89. The first-order chi connectivity index (χ1) is 14.7. The molecule has 0 spiro atoms. The Morgan fingerprint density at radius 3 is 2.80 bits per heavy atom. The number of nitrogens with one attached hydrogen (secondary N) is 2. The van der Waals surface area contributed by atoms with Gasteiger partial charge in [0.05, 0.1) is 18.2 Å². The summed E-state index contributed by atoms with van der Waals surface area (Å²) in [4.78, 5) is 28.4. The predicted octanol–water partition coefficient (Wildman–Crippen LogP) is 3.45. The summed E-state index contributed by atoms with van der Waals surface area (Å²) in [5.74, 6) is 0.0623. The number of carbonyl (C=O) groups is 1. The van der Waals surface area contributed by atoms with Crippen LogP contribution < -0.4 is 10.9 Å². The molecule has 2 aromatic heterocycles. The minimum Gasteiger partial charge on any atom is -0.361 e. The number of aromatic nitrogens is 3. The SMILES string of the molecule is O=C(Cc1c[nH]c2ccccc12)NC1CCC(n2nc3c(cc2=O)CCCC3)CC1. The average molecular weight is 405 g/mol. The van der Waals surface area contributed by atoms with Gasteiger partial charge in [-0.05, 0) is 68.6 Å². The summed E-state index contributed by atoms with van der Waals surface area (Å²) in [7, 11) is 0. The third kappa shape index (κ3) is 3.78. The topological polar surface area (TPSA) is 79.8 Å². The third-order valence-corrected chi connectivity index (χ3v) is 6.67. The van der Waals surface area contributed by atoms with Crippen molar-refractivity contribution in [2.75, 3.05) is 0 Å². The maximum Gasteiger partial charge on any atom is 0.267 e. The van der Waals surface area contributed by atoms with Crippen LogP contribution in [0.25, 0.3) is 10.9 Å². The van der Waals surface area contributed by atoms with E-state index in [9.17, 15) is 9.59 Å². The van der Waals surface area contributed by atoms with Crippen LogP contribution in [0.15, 0.2) is 41.3 Å². The smallest absolute Gasteiger partial charge is 0.267 e. The van der Waals surface area contributed by atoms with E-state index in [2.05, 4.69) is 10.3 Å². The molecule has 1 fully saturated rings. The molecular weight excluding hydrogens is 376 g/mol. The fourth-order valence-electron chi connectivity index (χ4n) is 5.03. The van der Waals surface area contributed by atoms with Crippen molar-refractivity contribution < 1.29 is 4.79 Å². The Morgan fingerprint density at radius 1 is 1.13 bits per heavy atom. The minimum absolute atomic E-state index is 0.0301. The van der Waals surface area contributed by atoms with Crippen molar-refractivity contribution in [2.24, 2.45) is 0 Å². The summed E-state index contributed by atoms with van der Waals surface area (Å²) >= 11 is 0. The van der Waals surface area contributed by atoms with Crippen molar-refractivity contribution in [1.82, 2.24) is 20.1 Å². The molecule has 2 aliphatic carbocycles. The molecule has 6 heteroatoms. The van der Waals surface area contributed by atoms with Crippen LogP contribution in [0.5, 0.6) is 0 Å². The molecular formula is C24H28N4O2. The van der Waals surface area contributed by atoms with Gasteiger partial charge in [-0.25, -0.2) is 4.68 Å². The van der Waals surface area contributed by atoms with Gasteiger partial charge in [-0.2, -0.15) is 5.10 Å². The standard InChI is InChI=1S/C24H28N4O2/c29-23(13-17-15-25-22-8-4-2-6-20(17)22)26-18-9-11-19(12-10-18)28-24(30)14-16-5-1-3-7-21(16)27-28/h2,4,6,8,14-15,18-19,25H,1,3,5,7,9-13H2,(H,26,29). The molecule has 2 aliphatic rings. The molecule has 6 nitrogen and oxygen atoms in total. The van der Waals surface area contributed by atoms with Crippen molar-refractivity contribution in [2.45, 2.75) is 69.9 Å². The van der Waals surface area contributed by atoms with E-state index < -0.39 is 0 Å². The van der Waals surface area contributed by atoms with Gasteiger partial charge in [0.25, 0.3) is 5.56 Å². The van der Waals surface area contributed by atoms with Crippen LogP contribution in [-0.2, 0) is 24.1 Å². The molecule has 0 atom stereocenters. The van der Waals surface area contributed by atoms with Crippen LogP contribution in [0.3, 0.4) is 0 Å². The monoisotopic (exact) mass is 404 g/mol. The Morgan fingerprint density at radius 2 is 1.93 bits per heavy atom. The van der Waals surface area contributed by atoms with Crippen LogP contribution in [0.4, 0.5) is 0 Å². The summed E-state index contributed by atoms with van der Waals surface area (Å²) in [6.45, 7) is 0. The summed E-state index contributed by atoms with van der Waals surface area (Å²) in [6, 6.07) is 10.2. The number of hydrogen-bond donors (Lipinski definition) is 2. The van der Waals surface area contributed by atoms with Crippen molar-refractivity contribution in [3.05, 3.63) is 63.7 Å². The van der Waals surface area contributed by atoms with Gasteiger partial charge in [0.2, 0.25) is 5.91 Å². The summed E-state index contributed by atoms with van der Waals surface area (Å²) in [6.07, 6.45) is 10.1. The van der Waals surface area contributed by atoms with E-state index in [-0.39, 0.29) is 23.6 Å². The summed E-state index contributed by atoms with van der Waals surface area (Å²) < 4.78 is 1.72. The first kappa shape index (κ1) is 19.1. The molecule has 0 aliphatic heterocycles. The van der Waals surface area contributed by atoms with Gasteiger partial charge in [0.1, 0.15) is 0 Å². The van der Waals surface area contributed by atoms with Gasteiger partial charge >= 0.3 is 0 Å². The highest BCUT2D eigenvalue weighted by Crippen LogP contribution is 2.28. The van der Waals surface area contributed by atoms with E-state index in [0.29, 0.717) is 6.42 Å². The number of para-hydroxylation sites is 1. The van der Waals surface area contributed by atoms with Gasteiger partial charge in [-0.1, -0.05) is 18.2 Å². The largest absolute Gasteiger partial charge is 0.361 e. The molecule has 30 heavy (non-hydrogen) atoms. The van der Waals surface area contributed by atoms with Crippen LogP contribution in [0.1, 0.15) is 61.4 Å². The second-order valence-electron chi connectivity index (χ2n) is 8.72. The van der Waals surface area contributed by atoms with Gasteiger partial charge in [-0.15, -0.1) is 0 Å². The minimum atomic E-state index is 0.0301. The molecule has 1 saturated carbocycles. The summed E-state index contributed by atoms with van der Waals surface area (Å²) in [5, 5.41) is 9.02. The van der Waals surface area contributed by atoms with E-state index in [1.54, 1.807) is 10.7 Å². The van der Waals surface area contributed by atoms with E-state index >= 15 is 0 Å². The number of aryl methyl sites for hydroxylation is 2. The molecule has 2 heterocycles. The molecule has 0 bridgehead atoms. The quantitative estimate of drug-likeness (QED) is 0.699. The molecule has 5 rings (SSSR count). The second-order valence-corrected chi connectivity index (χ2v) is 8.72. The highest BCUT2D eigenvalue weighted by Gasteiger charge is 2.26. The number of carbonyl (C=O) groups excluding carboxylic acids is 1. The first-order valence-electron chi connectivity index (χ1n) is 11.1. The molecule has 156 valence electrons. The predicted molar refractivity (Wildman–Crippen MR) is 117 cm³/mol. The molecule has 0 radical (unpaired) electrons. The number of benzene rings is 1. The van der Waals surface area contributed by atoms with E-state index in [1.807, 2.05) is 30.5 Å². The van der Waals surface area contributed by atoms with E-state index in [1.165, 1.54) is 0 Å². The lowest BCUT2D eigenvalue weighted by molar-refractivity contribution is -0.121. The number of fused-ring (bicyclic) bond motifs is 2. The number of hydrogen-bond acceptors (Lipinski definition) is 3. The molecule has 3 aromatic rings. The van der Waals surface area contributed by atoms with E-state index in [0.717, 1.165) is 79.1 Å². The normalized spacial score (nSPS) is 21.3. The maximum atomic E-state index is 12.6. The van der Waals surface area contributed by atoms with Crippen LogP contribution >= 0.6 is 0 Å². The van der Waals surface area contributed by atoms with Crippen LogP contribution in [-0.4, -0.2) is 26.7 Å². The van der Waals surface area contributed by atoms with E-state index in [4.69, 9.17) is 5.10 Å². The van der Waals surface area contributed by atoms with Crippen molar-refractivity contribution >= 4 is 16.8 Å². The Bertz CT molecular complexity index is 1120. The third-order valence-electron chi connectivity index (χ3n) is 6.67. The van der Waals surface area contributed by atoms with Crippen molar-refractivity contribution in [3.63, 3.8) is 0 Å². The van der Waals surface area contributed by atoms with Gasteiger partial charge in [-0.3, -0.25) is 9.59 Å². The lowest BCUT2D eigenvalue weighted by Crippen LogP contribution is -2.40. The average Bonchev–Trinajstić information content (AvgIpc) is 3.17. The fraction of sp³-hybridized carbons (Fsp3) is 0.458. The lowest BCUT2D eigenvalue weighted by Gasteiger charge is -2.30. The van der Waals surface area contributed by atoms with Crippen molar-refractivity contribution in [3.8, 4) is 0 Å². The number of H-pyrrole nitrogens is 1. The van der Waals surface area contributed by atoms with Crippen LogP contribution in [0.2, 0.25) is 0 Å². The molecule has 2 N–H and O–H groups in total. The number of nitrogens with zero attached hydrogens (tertiary/aromatic N) is 2. The molecule has 0 unspecified atom stereocenters. The maximum absolute atomic E-state index is 12.6. The van der Waals surface area contributed by atoms with Crippen LogP contribution in [0, 0.1) is 0 Å². The molecule has 1 amide bonds. The number of rotatable bonds is 4. The van der Waals surface area contributed by atoms with Crippen molar-refractivity contribution in [1.29, 1.82) is 0 Å². The zero-order valence-corrected chi connectivity index (χ0v) is 17.2. The lowest BCUT2D eigenvalue weighted by atomic mass is 9.90. The number of aromatic amines is 1. The fourth-order valence-corrected chi connectivity index (χ4v) is 5.03. The molecule has 0 saturated heterocycles. The zero-order valence-electron chi connectivity index (χ0n) is 17.2. The highest BCUT2D eigenvalue weighted by atomic mass is 16.1.